The quantitative estimate of drug-likeness (QED) is 0.0645. The molecule has 2 heterocycles. The number of amides is 1. The van der Waals surface area contributed by atoms with Gasteiger partial charge < -0.3 is 30.9 Å². The molecule has 43 heavy (non-hydrogen) atoms. The number of aliphatic hydroxyl groups excluding tert-OH is 1. The molecule has 4 rings (SSSR count). The zero-order valence-electron chi connectivity index (χ0n) is 23.5. The summed E-state index contributed by atoms with van der Waals surface area (Å²) in [5.41, 5.74) is 2.68. The zero-order valence-corrected chi connectivity index (χ0v) is 24.3. The third-order valence-corrected chi connectivity index (χ3v) is 6.76. The number of nitrogens with one attached hydrogen (secondary N) is 3. The van der Waals surface area contributed by atoms with Crippen LogP contribution >= 0.6 is 11.6 Å². The van der Waals surface area contributed by atoms with E-state index in [1.165, 1.54) is 18.3 Å². The van der Waals surface area contributed by atoms with Crippen LogP contribution in [0.5, 0.6) is 11.5 Å². The summed E-state index contributed by atoms with van der Waals surface area (Å²) < 4.78 is 5.80. The van der Waals surface area contributed by atoms with Crippen molar-refractivity contribution < 1.29 is 19.7 Å². The number of aromatic nitrogens is 2. The maximum atomic E-state index is 12.5. The summed E-state index contributed by atoms with van der Waals surface area (Å²) in [5, 5.41) is 39.2. The number of ether oxygens (including phenoxy) is 1. The molecule has 2 aromatic carbocycles. The van der Waals surface area contributed by atoms with E-state index in [1.807, 2.05) is 18.2 Å². The first-order valence-electron chi connectivity index (χ1n) is 13.9. The summed E-state index contributed by atoms with van der Waals surface area (Å²) >= 11 is 6.49. The summed E-state index contributed by atoms with van der Waals surface area (Å²) in [6.07, 6.45) is 10.1. The van der Waals surface area contributed by atoms with Crippen molar-refractivity contribution in [3.8, 4) is 17.6 Å². The van der Waals surface area contributed by atoms with E-state index in [2.05, 4.69) is 32.0 Å². The Morgan fingerprint density at radius 2 is 1.95 bits per heavy atom. The number of carbonyl (C=O) groups is 1. The minimum atomic E-state index is -0.411. The molecule has 5 N–H and O–H groups in total. The Labute approximate surface area is 255 Å². The van der Waals surface area contributed by atoms with E-state index in [0.29, 0.717) is 39.6 Å². The first-order valence-corrected chi connectivity index (χ1v) is 14.3. The highest BCUT2D eigenvalue weighted by atomic mass is 35.5. The van der Waals surface area contributed by atoms with Crippen molar-refractivity contribution in [2.24, 2.45) is 0 Å². The number of fused-ring (bicyclic) bond motifs is 1. The van der Waals surface area contributed by atoms with Gasteiger partial charge in [-0.3, -0.25) is 14.8 Å². The molecule has 0 aliphatic rings. The maximum absolute atomic E-state index is 12.5. The molecule has 0 fully saturated rings. The third kappa shape index (κ3) is 9.15. The van der Waals surface area contributed by atoms with Crippen molar-refractivity contribution in [2.75, 3.05) is 30.3 Å². The number of halogens is 1. The van der Waals surface area contributed by atoms with Gasteiger partial charge in [0, 0.05) is 48.8 Å². The second-order valence-electron chi connectivity index (χ2n) is 9.66. The highest BCUT2D eigenvalue weighted by Crippen LogP contribution is 2.36. The van der Waals surface area contributed by atoms with Gasteiger partial charge in [0.25, 0.3) is 0 Å². The van der Waals surface area contributed by atoms with Crippen molar-refractivity contribution in [3.05, 3.63) is 89.4 Å². The molecule has 0 unspecified atom stereocenters. The largest absolute Gasteiger partial charge is 0.506 e. The molecule has 0 spiro atoms. The molecule has 0 saturated carbocycles. The summed E-state index contributed by atoms with van der Waals surface area (Å²) in [7, 11) is 0. The van der Waals surface area contributed by atoms with Gasteiger partial charge in [-0.1, -0.05) is 36.6 Å². The molecular weight excluding hydrogens is 568 g/mol. The van der Waals surface area contributed by atoms with Crippen LogP contribution in [0.25, 0.3) is 10.9 Å². The van der Waals surface area contributed by atoms with Crippen LogP contribution in [0, 0.1) is 11.3 Å². The summed E-state index contributed by atoms with van der Waals surface area (Å²) in [4.78, 5) is 21.1. The average Bonchev–Trinajstić information content (AvgIpc) is 3.01. The molecule has 0 bridgehead atoms. The van der Waals surface area contributed by atoms with Crippen LogP contribution in [0.3, 0.4) is 0 Å². The van der Waals surface area contributed by atoms with Gasteiger partial charge in [-0.25, -0.2) is 0 Å². The molecule has 11 heteroatoms. The van der Waals surface area contributed by atoms with Gasteiger partial charge in [-0.2, -0.15) is 5.26 Å². The number of phenols is 1. The van der Waals surface area contributed by atoms with Crippen LogP contribution < -0.4 is 20.7 Å². The number of aromatic hydroxyl groups is 1. The number of rotatable bonds is 15. The lowest BCUT2D eigenvalue weighted by atomic mass is 10.1. The van der Waals surface area contributed by atoms with Gasteiger partial charge in [0.05, 0.1) is 33.2 Å². The van der Waals surface area contributed by atoms with E-state index in [0.717, 1.165) is 37.9 Å². The molecule has 222 valence electrons. The Morgan fingerprint density at radius 3 is 2.72 bits per heavy atom. The van der Waals surface area contributed by atoms with Crippen LogP contribution in [0.2, 0.25) is 5.02 Å². The fraction of sp³-hybridized carbons (Fsp3) is 0.250. The lowest BCUT2D eigenvalue weighted by molar-refractivity contribution is -0.111. The van der Waals surface area contributed by atoms with E-state index in [9.17, 15) is 15.2 Å². The van der Waals surface area contributed by atoms with Crippen molar-refractivity contribution in [1.82, 2.24) is 15.3 Å². The predicted octanol–water partition coefficient (Wildman–Crippen LogP) is 5.82. The first kappa shape index (κ1) is 31.3. The molecule has 0 radical (unpaired) electrons. The van der Waals surface area contributed by atoms with Crippen LogP contribution in [0.4, 0.5) is 17.1 Å². The topological polar surface area (TPSA) is 152 Å². The molecule has 0 saturated heterocycles. The second kappa shape index (κ2) is 16.1. The molecule has 4 aromatic rings. The van der Waals surface area contributed by atoms with Gasteiger partial charge in [0.1, 0.15) is 24.2 Å². The number of aliphatic hydroxyl groups is 1. The number of nitrogens with zero attached hydrogens (tertiary/aromatic N) is 3. The Bertz CT molecular complexity index is 1610. The van der Waals surface area contributed by atoms with Gasteiger partial charge in [-0.05, 0) is 55.8 Å². The molecule has 0 aliphatic carbocycles. The molecule has 10 nitrogen and oxygen atoms in total. The number of hydrogen-bond donors (Lipinski definition) is 5. The van der Waals surface area contributed by atoms with E-state index in [-0.39, 0.29) is 30.2 Å². The van der Waals surface area contributed by atoms with E-state index < -0.39 is 5.91 Å². The summed E-state index contributed by atoms with van der Waals surface area (Å²) in [6, 6.07) is 15.9. The van der Waals surface area contributed by atoms with Gasteiger partial charge in [0.2, 0.25) is 5.91 Å². The number of pyridine rings is 2. The monoisotopic (exact) mass is 600 g/mol. The van der Waals surface area contributed by atoms with Gasteiger partial charge in [0.15, 0.2) is 0 Å². The van der Waals surface area contributed by atoms with Crippen LogP contribution in [0.15, 0.2) is 73.1 Å². The van der Waals surface area contributed by atoms with Crippen LogP contribution in [-0.4, -0.2) is 45.8 Å². The normalized spacial score (nSPS) is 11.0. The third-order valence-electron chi connectivity index (χ3n) is 6.46. The van der Waals surface area contributed by atoms with Crippen molar-refractivity contribution in [1.29, 1.82) is 5.26 Å². The molecule has 1 amide bonds. The van der Waals surface area contributed by atoms with Crippen molar-refractivity contribution in [2.45, 2.75) is 32.3 Å². The molecule has 2 aromatic heterocycles. The lowest BCUT2D eigenvalue weighted by Crippen LogP contribution is -2.16. The number of unbranched alkanes of at least 4 members (excludes halogenated alkanes) is 3. The number of phenolic OH excluding ortho intramolecular Hbond substituents is 1. The van der Waals surface area contributed by atoms with Crippen LogP contribution in [-0.2, 0) is 11.4 Å². The van der Waals surface area contributed by atoms with Crippen LogP contribution in [0.1, 0.15) is 36.9 Å². The highest BCUT2D eigenvalue weighted by molar-refractivity contribution is 6.32. The highest BCUT2D eigenvalue weighted by Gasteiger charge is 2.15. The Hall–Kier alpha value is -4.69. The summed E-state index contributed by atoms with van der Waals surface area (Å²) in [5.74, 6) is -0.0866. The average molecular weight is 601 g/mol. The second-order valence-corrected chi connectivity index (χ2v) is 10.1. The Kier molecular flexibility index (Phi) is 11.7. The SMILES string of the molecule is N#Cc1cnc2cc(O)c(NC(=O)/C=C/CNCCCCCCO)cc2c1Nc1ccc(OCc2ccccn2)c(Cl)c1. The number of benzene rings is 2. The maximum Gasteiger partial charge on any atom is 0.248 e. The molecular formula is C32H33ClN6O4. The standard InChI is InChI=1S/C32H33ClN6O4/c33-26-16-23(10-11-30(26)43-21-24-8-3-5-14-36-24)38-32-22(19-34)20-37-27-18-29(41)28(17-25(27)32)39-31(42)9-7-13-35-12-4-1-2-6-15-40/h3,5,7-11,14,16-18,20,35,40-41H,1-2,4,6,12-13,15,21H2,(H,37,38)(H,39,42)/b9-7+. The lowest BCUT2D eigenvalue weighted by Gasteiger charge is -2.15. The molecule has 0 atom stereocenters. The number of hydrogen-bond acceptors (Lipinski definition) is 9. The number of anilines is 3. The fourth-order valence-corrected chi connectivity index (χ4v) is 4.50. The molecule has 0 aliphatic heterocycles. The minimum absolute atomic E-state index is 0.157. The van der Waals surface area contributed by atoms with Crippen molar-refractivity contribution >= 4 is 45.5 Å². The first-order chi connectivity index (χ1) is 21.0. The van der Waals surface area contributed by atoms with E-state index in [4.69, 9.17) is 21.4 Å². The smallest absolute Gasteiger partial charge is 0.248 e. The Morgan fingerprint density at radius 1 is 1.09 bits per heavy atom. The Balaban J connectivity index is 1.45. The summed E-state index contributed by atoms with van der Waals surface area (Å²) in [6.45, 7) is 1.82. The number of nitriles is 1. The minimum Gasteiger partial charge on any atom is -0.506 e. The van der Waals surface area contributed by atoms with E-state index >= 15 is 0 Å². The van der Waals surface area contributed by atoms with Gasteiger partial charge in [-0.15, -0.1) is 0 Å². The predicted molar refractivity (Wildman–Crippen MR) is 168 cm³/mol. The number of carbonyl (C=O) groups excluding carboxylic acids is 1. The zero-order chi connectivity index (χ0) is 30.4. The van der Waals surface area contributed by atoms with Crippen molar-refractivity contribution in [3.63, 3.8) is 0 Å². The van der Waals surface area contributed by atoms with Gasteiger partial charge >= 0.3 is 0 Å². The van der Waals surface area contributed by atoms with E-state index in [1.54, 1.807) is 36.5 Å². The fourth-order valence-electron chi connectivity index (χ4n) is 4.26.